The molecule has 1 heterocycles. The number of amides is 2. The highest BCUT2D eigenvalue weighted by Gasteiger charge is 2.25. The van der Waals surface area contributed by atoms with Gasteiger partial charge < -0.3 is 15.4 Å². The molecule has 2 amide bonds. The molecule has 2 N–H and O–H groups in total. The summed E-state index contributed by atoms with van der Waals surface area (Å²) in [5.74, 6) is -1.02. The van der Waals surface area contributed by atoms with Crippen LogP contribution >= 0.6 is 11.6 Å². The topological polar surface area (TPSA) is 102 Å². The maximum absolute atomic E-state index is 12.8. The van der Waals surface area contributed by atoms with Crippen molar-refractivity contribution in [3.63, 3.8) is 0 Å². The van der Waals surface area contributed by atoms with Crippen molar-refractivity contribution in [1.82, 2.24) is 15.1 Å². The number of hydrogen-bond donors (Lipinski definition) is 2. The number of aromatic nitrogens is 2. The van der Waals surface area contributed by atoms with E-state index >= 15 is 0 Å². The second-order valence-corrected chi connectivity index (χ2v) is 8.40. The number of rotatable bonds is 9. The lowest BCUT2D eigenvalue weighted by atomic mass is 10.0. The van der Waals surface area contributed by atoms with E-state index in [2.05, 4.69) is 15.7 Å². The number of benzene rings is 2. The van der Waals surface area contributed by atoms with Gasteiger partial charge in [-0.25, -0.2) is 4.68 Å². The number of esters is 1. The van der Waals surface area contributed by atoms with E-state index in [-0.39, 0.29) is 12.5 Å². The minimum absolute atomic E-state index is 0.0523. The predicted octanol–water partition coefficient (Wildman–Crippen LogP) is 4.55. The third-order valence-electron chi connectivity index (χ3n) is 5.08. The summed E-state index contributed by atoms with van der Waals surface area (Å²) < 4.78 is 7.02. The molecule has 0 saturated carbocycles. The lowest BCUT2D eigenvalue weighted by Gasteiger charge is -2.20. The first kappa shape index (κ1) is 25.0. The number of ether oxygens (including phenoxy) is 1. The first-order valence-corrected chi connectivity index (χ1v) is 11.3. The van der Waals surface area contributed by atoms with Crippen molar-refractivity contribution in [2.75, 3.05) is 5.32 Å². The smallest absolute Gasteiger partial charge is 0.309 e. The zero-order valence-electron chi connectivity index (χ0n) is 19.2. The van der Waals surface area contributed by atoms with E-state index in [1.54, 1.807) is 53.3 Å². The molecule has 2 unspecified atom stereocenters. The molecule has 2 atom stereocenters. The minimum atomic E-state index is -1.04. The van der Waals surface area contributed by atoms with Crippen molar-refractivity contribution in [3.8, 4) is 0 Å². The Labute approximate surface area is 203 Å². The van der Waals surface area contributed by atoms with Gasteiger partial charge in [0.15, 0.2) is 6.10 Å². The summed E-state index contributed by atoms with van der Waals surface area (Å²) in [6, 6.07) is 16.8. The SMILES string of the molecule is CC(OC(=O)CC(NC(=O)c1ccccc1Cl)c1ccccc1)C(=O)Nc1ccnn1C(C)C. The molecule has 0 aliphatic rings. The third-order valence-corrected chi connectivity index (χ3v) is 5.41. The first-order valence-electron chi connectivity index (χ1n) is 10.9. The van der Waals surface area contributed by atoms with E-state index < -0.39 is 29.9 Å². The lowest BCUT2D eigenvalue weighted by molar-refractivity contribution is -0.153. The van der Waals surface area contributed by atoms with Crippen molar-refractivity contribution in [2.24, 2.45) is 0 Å². The highest BCUT2D eigenvalue weighted by molar-refractivity contribution is 6.33. The number of anilines is 1. The quantitative estimate of drug-likeness (QED) is 0.435. The molecular weight excluding hydrogens is 456 g/mol. The minimum Gasteiger partial charge on any atom is -0.452 e. The normalized spacial score (nSPS) is 12.6. The van der Waals surface area contributed by atoms with Crippen LogP contribution in [-0.4, -0.2) is 33.7 Å². The van der Waals surface area contributed by atoms with Crippen LogP contribution in [0, 0.1) is 0 Å². The average molecular weight is 483 g/mol. The molecule has 0 fully saturated rings. The Morgan fingerprint density at radius 1 is 1.00 bits per heavy atom. The van der Waals surface area contributed by atoms with E-state index in [1.807, 2.05) is 32.0 Å². The molecule has 9 heteroatoms. The lowest BCUT2D eigenvalue weighted by Crippen LogP contribution is -2.34. The largest absolute Gasteiger partial charge is 0.452 e. The zero-order chi connectivity index (χ0) is 24.7. The Morgan fingerprint density at radius 3 is 2.35 bits per heavy atom. The molecule has 1 aromatic heterocycles. The summed E-state index contributed by atoms with van der Waals surface area (Å²) >= 11 is 6.14. The maximum atomic E-state index is 12.8. The van der Waals surface area contributed by atoms with Crippen LogP contribution in [0.25, 0.3) is 0 Å². The van der Waals surface area contributed by atoms with Crippen molar-refractivity contribution in [1.29, 1.82) is 0 Å². The van der Waals surface area contributed by atoms with Gasteiger partial charge in [-0.15, -0.1) is 0 Å². The Balaban J connectivity index is 1.67. The van der Waals surface area contributed by atoms with E-state index in [1.165, 1.54) is 6.92 Å². The Hall–Kier alpha value is -3.65. The standard InChI is InChI=1S/C25H27ClN4O4/c1-16(2)30-22(13-14-27-30)29-24(32)17(3)34-23(31)15-21(18-9-5-4-6-10-18)28-25(33)19-11-7-8-12-20(19)26/h4-14,16-17,21H,15H2,1-3H3,(H,28,33)(H,29,32). The molecular formula is C25H27ClN4O4. The van der Waals surface area contributed by atoms with Crippen LogP contribution < -0.4 is 10.6 Å². The van der Waals surface area contributed by atoms with Crippen LogP contribution in [0.2, 0.25) is 5.02 Å². The summed E-state index contributed by atoms with van der Waals surface area (Å²) in [4.78, 5) is 38.1. The van der Waals surface area contributed by atoms with Gasteiger partial charge in [-0.05, 0) is 38.5 Å². The monoisotopic (exact) mass is 482 g/mol. The summed E-state index contributed by atoms with van der Waals surface area (Å²) in [7, 11) is 0. The molecule has 0 radical (unpaired) electrons. The Bertz CT molecular complexity index is 1150. The van der Waals surface area contributed by atoms with E-state index in [4.69, 9.17) is 16.3 Å². The average Bonchev–Trinajstić information content (AvgIpc) is 3.27. The molecule has 3 rings (SSSR count). The fourth-order valence-electron chi connectivity index (χ4n) is 3.34. The molecule has 34 heavy (non-hydrogen) atoms. The van der Waals surface area contributed by atoms with E-state index in [9.17, 15) is 14.4 Å². The molecule has 0 aliphatic carbocycles. The molecule has 178 valence electrons. The number of nitrogens with one attached hydrogen (secondary N) is 2. The van der Waals surface area contributed by atoms with Gasteiger partial charge in [0.2, 0.25) is 0 Å². The maximum Gasteiger partial charge on any atom is 0.309 e. The molecule has 3 aromatic rings. The second-order valence-electron chi connectivity index (χ2n) is 8.00. The summed E-state index contributed by atoms with van der Waals surface area (Å²) in [5.41, 5.74) is 1.02. The van der Waals surface area contributed by atoms with E-state index in [0.29, 0.717) is 16.4 Å². The van der Waals surface area contributed by atoms with Crippen LogP contribution in [-0.2, 0) is 14.3 Å². The summed E-state index contributed by atoms with van der Waals surface area (Å²) in [6.07, 6.45) is 0.374. The number of hydrogen-bond acceptors (Lipinski definition) is 5. The molecule has 0 spiro atoms. The fraction of sp³-hybridized carbons (Fsp3) is 0.280. The zero-order valence-corrected chi connectivity index (χ0v) is 20.0. The van der Waals surface area contributed by atoms with Crippen LogP contribution in [0.1, 0.15) is 55.2 Å². The van der Waals surface area contributed by atoms with Crippen molar-refractivity contribution in [2.45, 2.75) is 45.4 Å². The predicted molar refractivity (Wildman–Crippen MR) is 130 cm³/mol. The van der Waals surface area contributed by atoms with Gasteiger partial charge in [-0.1, -0.05) is 54.1 Å². The molecule has 0 bridgehead atoms. The molecule has 0 aliphatic heterocycles. The van der Waals surface area contributed by atoms with Crippen molar-refractivity contribution in [3.05, 3.63) is 83.0 Å². The highest BCUT2D eigenvalue weighted by atomic mass is 35.5. The van der Waals surface area contributed by atoms with Gasteiger partial charge >= 0.3 is 5.97 Å². The molecule has 0 saturated heterocycles. The summed E-state index contributed by atoms with van der Waals surface area (Å²) in [5, 5.41) is 10.0. The summed E-state index contributed by atoms with van der Waals surface area (Å²) in [6.45, 7) is 5.36. The van der Waals surface area contributed by atoms with Gasteiger partial charge in [0.05, 0.1) is 29.2 Å². The second kappa shape index (κ2) is 11.5. The number of halogens is 1. The van der Waals surface area contributed by atoms with Gasteiger partial charge in [-0.2, -0.15) is 5.10 Å². The van der Waals surface area contributed by atoms with Gasteiger partial charge in [0, 0.05) is 12.1 Å². The van der Waals surface area contributed by atoms with E-state index in [0.717, 1.165) is 5.56 Å². The van der Waals surface area contributed by atoms with Crippen molar-refractivity contribution >= 4 is 35.2 Å². The number of carbonyl (C=O) groups excluding carboxylic acids is 3. The van der Waals surface area contributed by atoms with Crippen LogP contribution in [0.3, 0.4) is 0 Å². The molecule has 2 aromatic carbocycles. The van der Waals surface area contributed by atoms with Gasteiger partial charge in [0.25, 0.3) is 11.8 Å². The van der Waals surface area contributed by atoms with Crippen molar-refractivity contribution < 1.29 is 19.1 Å². The fourth-order valence-corrected chi connectivity index (χ4v) is 3.56. The number of nitrogens with zero attached hydrogens (tertiary/aromatic N) is 2. The highest BCUT2D eigenvalue weighted by Crippen LogP contribution is 2.21. The van der Waals surface area contributed by atoms with Crippen LogP contribution in [0.4, 0.5) is 5.82 Å². The first-order chi connectivity index (χ1) is 16.3. The van der Waals surface area contributed by atoms with Gasteiger partial charge in [-0.3, -0.25) is 14.4 Å². The van der Waals surface area contributed by atoms with Gasteiger partial charge in [0.1, 0.15) is 5.82 Å². The Kier molecular flexibility index (Phi) is 8.43. The third kappa shape index (κ3) is 6.45. The molecule has 8 nitrogen and oxygen atoms in total. The van der Waals surface area contributed by atoms with Crippen LogP contribution in [0.5, 0.6) is 0 Å². The Morgan fingerprint density at radius 2 is 1.68 bits per heavy atom. The number of carbonyl (C=O) groups is 3. The van der Waals surface area contributed by atoms with Crippen LogP contribution in [0.15, 0.2) is 66.9 Å².